The Morgan fingerprint density at radius 1 is 1.30 bits per heavy atom. The molecule has 2 aromatic heterocycles. The first-order valence-electron chi connectivity index (χ1n) is 7.67. The van der Waals surface area contributed by atoms with E-state index in [1.807, 2.05) is 19.3 Å². The van der Waals surface area contributed by atoms with Crippen molar-refractivity contribution in [2.45, 2.75) is 38.5 Å². The predicted molar refractivity (Wildman–Crippen MR) is 79.8 cm³/mol. The SMILES string of the molecule is Cc1cncc(CN2CCC[C@@H](n3ccc(C(F)(F)F)n3)C2)c1. The van der Waals surface area contributed by atoms with Gasteiger partial charge in [0.15, 0.2) is 5.69 Å². The summed E-state index contributed by atoms with van der Waals surface area (Å²) in [6, 6.07) is 3.12. The summed E-state index contributed by atoms with van der Waals surface area (Å²) in [6.45, 7) is 4.40. The fraction of sp³-hybridized carbons (Fsp3) is 0.500. The minimum atomic E-state index is -4.38. The van der Waals surface area contributed by atoms with Crippen molar-refractivity contribution < 1.29 is 13.2 Å². The first-order valence-corrected chi connectivity index (χ1v) is 7.67. The van der Waals surface area contributed by atoms with Gasteiger partial charge in [-0.2, -0.15) is 18.3 Å². The van der Waals surface area contributed by atoms with E-state index in [0.29, 0.717) is 6.54 Å². The van der Waals surface area contributed by atoms with Crippen LogP contribution in [0.15, 0.2) is 30.7 Å². The van der Waals surface area contributed by atoms with E-state index in [-0.39, 0.29) is 6.04 Å². The zero-order valence-electron chi connectivity index (χ0n) is 12.9. The highest BCUT2D eigenvalue weighted by molar-refractivity contribution is 5.16. The van der Waals surface area contributed by atoms with Gasteiger partial charge in [-0.3, -0.25) is 14.6 Å². The molecule has 0 unspecified atom stereocenters. The fourth-order valence-corrected chi connectivity index (χ4v) is 3.05. The summed E-state index contributed by atoms with van der Waals surface area (Å²) in [5.41, 5.74) is 1.41. The van der Waals surface area contributed by atoms with E-state index in [0.717, 1.165) is 43.1 Å². The van der Waals surface area contributed by atoms with Crippen molar-refractivity contribution in [2.75, 3.05) is 13.1 Å². The number of piperidine rings is 1. The van der Waals surface area contributed by atoms with Crippen molar-refractivity contribution in [3.63, 3.8) is 0 Å². The normalized spacial score (nSPS) is 19.9. The molecule has 0 bridgehead atoms. The molecule has 1 atom stereocenters. The van der Waals surface area contributed by atoms with Gasteiger partial charge in [0.25, 0.3) is 0 Å². The van der Waals surface area contributed by atoms with Gasteiger partial charge in [0.1, 0.15) is 0 Å². The van der Waals surface area contributed by atoms with Crippen LogP contribution < -0.4 is 0 Å². The van der Waals surface area contributed by atoms with Crippen LogP contribution in [0.1, 0.15) is 35.7 Å². The van der Waals surface area contributed by atoms with Gasteiger partial charge in [0.05, 0.1) is 6.04 Å². The Bertz CT molecular complexity index is 665. The van der Waals surface area contributed by atoms with Gasteiger partial charge in [-0.25, -0.2) is 0 Å². The summed E-state index contributed by atoms with van der Waals surface area (Å²) in [5.74, 6) is 0. The van der Waals surface area contributed by atoms with E-state index < -0.39 is 11.9 Å². The number of alkyl halides is 3. The molecular formula is C16H19F3N4. The Hall–Kier alpha value is -1.89. The molecular weight excluding hydrogens is 305 g/mol. The molecule has 7 heteroatoms. The summed E-state index contributed by atoms with van der Waals surface area (Å²) in [6.07, 6.45) is 2.50. The van der Waals surface area contributed by atoms with Crippen LogP contribution in [0.3, 0.4) is 0 Å². The Balaban J connectivity index is 1.67. The first-order chi connectivity index (χ1) is 10.9. The van der Waals surface area contributed by atoms with Gasteiger partial charge in [-0.05, 0) is 43.5 Å². The summed E-state index contributed by atoms with van der Waals surface area (Å²) >= 11 is 0. The summed E-state index contributed by atoms with van der Waals surface area (Å²) in [5, 5.41) is 3.71. The molecule has 1 aliphatic rings. The van der Waals surface area contributed by atoms with Crippen LogP contribution in [0, 0.1) is 6.92 Å². The summed E-state index contributed by atoms with van der Waals surface area (Å²) in [4.78, 5) is 6.44. The molecule has 2 aromatic rings. The smallest absolute Gasteiger partial charge is 0.297 e. The quantitative estimate of drug-likeness (QED) is 0.867. The zero-order valence-corrected chi connectivity index (χ0v) is 12.9. The number of aromatic nitrogens is 3. The van der Waals surface area contributed by atoms with Crippen molar-refractivity contribution in [3.05, 3.63) is 47.5 Å². The molecule has 3 rings (SSSR count). The second-order valence-corrected chi connectivity index (χ2v) is 6.08. The fourth-order valence-electron chi connectivity index (χ4n) is 3.05. The molecule has 0 aliphatic carbocycles. The topological polar surface area (TPSA) is 34.0 Å². The average molecular weight is 324 g/mol. The Morgan fingerprint density at radius 3 is 2.83 bits per heavy atom. The highest BCUT2D eigenvalue weighted by atomic mass is 19.4. The molecule has 1 saturated heterocycles. The maximum atomic E-state index is 12.7. The van der Waals surface area contributed by atoms with Crippen LogP contribution >= 0.6 is 0 Å². The highest BCUT2D eigenvalue weighted by Crippen LogP contribution is 2.29. The van der Waals surface area contributed by atoms with Crippen LogP contribution in [-0.2, 0) is 12.7 Å². The molecule has 3 heterocycles. The number of hydrogen-bond acceptors (Lipinski definition) is 3. The standard InChI is InChI=1S/C16H19F3N4/c1-12-7-13(9-20-8-12)10-22-5-2-3-14(11-22)23-6-4-15(21-23)16(17,18)19/h4,6-9,14H,2-3,5,10-11H2,1H3/t14-/m1/s1. The van der Waals surface area contributed by atoms with Crippen LogP contribution in [0.5, 0.6) is 0 Å². The third-order valence-corrected chi connectivity index (χ3v) is 4.09. The molecule has 124 valence electrons. The zero-order chi connectivity index (χ0) is 16.4. The van der Waals surface area contributed by atoms with E-state index in [1.54, 1.807) is 0 Å². The second kappa shape index (κ2) is 6.31. The number of aryl methyl sites for hydroxylation is 1. The van der Waals surface area contributed by atoms with Crippen molar-refractivity contribution in [2.24, 2.45) is 0 Å². The molecule has 0 spiro atoms. The third kappa shape index (κ3) is 3.90. The summed E-state index contributed by atoms with van der Waals surface area (Å²) < 4.78 is 39.5. The lowest BCUT2D eigenvalue weighted by atomic mass is 10.1. The van der Waals surface area contributed by atoms with E-state index >= 15 is 0 Å². The van der Waals surface area contributed by atoms with Crippen molar-refractivity contribution in [1.29, 1.82) is 0 Å². The van der Waals surface area contributed by atoms with Crippen molar-refractivity contribution in [1.82, 2.24) is 19.7 Å². The first kappa shape index (κ1) is 16.0. The lowest BCUT2D eigenvalue weighted by Gasteiger charge is -2.32. The van der Waals surface area contributed by atoms with Crippen LogP contribution in [0.25, 0.3) is 0 Å². The number of nitrogens with zero attached hydrogens (tertiary/aromatic N) is 4. The van der Waals surface area contributed by atoms with E-state index in [2.05, 4.69) is 21.0 Å². The molecule has 0 N–H and O–H groups in total. The monoisotopic (exact) mass is 324 g/mol. The maximum absolute atomic E-state index is 12.7. The van der Waals surface area contributed by atoms with Gasteiger partial charge in [0.2, 0.25) is 0 Å². The van der Waals surface area contributed by atoms with Gasteiger partial charge >= 0.3 is 6.18 Å². The number of pyridine rings is 1. The van der Waals surface area contributed by atoms with E-state index in [9.17, 15) is 13.2 Å². The predicted octanol–water partition coefficient (Wildman–Crippen LogP) is 3.44. The van der Waals surface area contributed by atoms with Crippen molar-refractivity contribution in [3.8, 4) is 0 Å². The van der Waals surface area contributed by atoms with Gasteiger partial charge in [0, 0.05) is 31.7 Å². The molecule has 0 radical (unpaired) electrons. The molecule has 1 fully saturated rings. The minimum Gasteiger partial charge on any atom is -0.297 e. The molecule has 1 aliphatic heterocycles. The lowest BCUT2D eigenvalue weighted by molar-refractivity contribution is -0.141. The van der Waals surface area contributed by atoms with Crippen LogP contribution in [0.2, 0.25) is 0 Å². The number of halogens is 3. The van der Waals surface area contributed by atoms with Crippen molar-refractivity contribution >= 4 is 0 Å². The minimum absolute atomic E-state index is 0.0161. The third-order valence-electron chi connectivity index (χ3n) is 4.09. The molecule has 0 amide bonds. The number of rotatable bonds is 3. The number of hydrogen-bond donors (Lipinski definition) is 0. The van der Waals surface area contributed by atoms with E-state index in [4.69, 9.17) is 0 Å². The average Bonchev–Trinajstić information content (AvgIpc) is 2.97. The molecule has 0 saturated carbocycles. The van der Waals surface area contributed by atoms with Gasteiger partial charge in [-0.1, -0.05) is 6.07 Å². The molecule has 4 nitrogen and oxygen atoms in total. The largest absolute Gasteiger partial charge is 0.435 e. The van der Waals surface area contributed by atoms with Gasteiger partial charge < -0.3 is 0 Å². The molecule has 0 aromatic carbocycles. The summed E-state index contributed by atoms with van der Waals surface area (Å²) in [7, 11) is 0. The number of likely N-dealkylation sites (tertiary alicyclic amines) is 1. The van der Waals surface area contributed by atoms with Crippen LogP contribution in [-0.4, -0.2) is 32.8 Å². The van der Waals surface area contributed by atoms with Crippen LogP contribution in [0.4, 0.5) is 13.2 Å². The van der Waals surface area contributed by atoms with E-state index in [1.165, 1.54) is 10.9 Å². The lowest BCUT2D eigenvalue weighted by Crippen LogP contribution is -2.36. The Kier molecular flexibility index (Phi) is 4.39. The maximum Gasteiger partial charge on any atom is 0.435 e. The van der Waals surface area contributed by atoms with Gasteiger partial charge in [-0.15, -0.1) is 0 Å². The molecule has 23 heavy (non-hydrogen) atoms. The Labute approximate surface area is 132 Å². The second-order valence-electron chi connectivity index (χ2n) is 6.08. The highest BCUT2D eigenvalue weighted by Gasteiger charge is 2.34. The Morgan fingerprint density at radius 2 is 2.13 bits per heavy atom.